The molecule has 0 heterocycles. The highest BCUT2D eigenvalue weighted by Gasteiger charge is 2.30. The molecule has 0 aromatic heterocycles. The standard InChI is InChI=1S/C16H25N3O3/c1-21-13-6-5-12(9-14(13)22-2)10-18-15(17)19-11-16(20)7-3-4-8-16/h5-6,9,20H,3-4,7-8,10-11H2,1-2H3,(H3,17,18,19). The summed E-state index contributed by atoms with van der Waals surface area (Å²) in [7, 11) is 3.20. The molecule has 2 rings (SSSR count). The zero-order valence-corrected chi connectivity index (χ0v) is 13.3. The number of ether oxygens (including phenoxy) is 2. The molecule has 1 aliphatic rings. The Bertz CT molecular complexity index is 525. The van der Waals surface area contributed by atoms with Crippen LogP contribution in [-0.4, -0.2) is 37.4 Å². The minimum atomic E-state index is -0.635. The lowest BCUT2D eigenvalue weighted by atomic mass is 10.0. The van der Waals surface area contributed by atoms with Gasteiger partial charge in [0.15, 0.2) is 17.5 Å². The van der Waals surface area contributed by atoms with Crippen LogP contribution in [0.25, 0.3) is 0 Å². The average molecular weight is 307 g/mol. The van der Waals surface area contributed by atoms with Crippen molar-refractivity contribution < 1.29 is 14.6 Å². The van der Waals surface area contributed by atoms with E-state index in [4.69, 9.17) is 15.2 Å². The first-order valence-electron chi connectivity index (χ1n) is 7.53. The van der Waals surface area contributed by atoms with Crippen LogP contribution in [0.5, 0.6) is 11.5 Å². The van der Waals surface area contributed by atoms with E-state index in [1.54, 1.807) is 14.2 Å². The van der Waals surface area contributed by atoms with E-state index in [1.807, 2.05) is 18.2 Å². The summed E-state index contributed by atoms with van der Waals surface area (Å²) in [4.78, 5) is 4.29. The molecule has 0 spiro atoms. The van der Waals surface area contributed by atoms with Crippen LogP contribution in [0.4, 0.5) is 0 Å². The molecule has 6 nitrogen and oxygen atoms in total. The maximum Gasteiger partial charge on any atom is 0.189 e. The van der Waals surface area contributed by atoms with E-state index in [1.165, 1.54) is 0 Å². The van der Waals surface area contributed by atoms with Gasteiger partial charge in [-0.05, 0) is 30.5 Å². The van der Waals surface area contributed by atoms with Crippen LogP contribution >= 0.6 is 0 Å². The zero-order valence-electron chi connectivity index (χ0n) is 13.3. The van der Waals surface area contributed by atoms with Crippen LogP contribution in [0, 0.1) is 0 Å². The molecular formula is C16H25N3O3. The van der Waals surface area contributed by atoms with Gasteiger partial charge in [0.25, 0.3) is 0 Å². The Morgan fingerprint density at radius 2 is 1.95 bits per heavy atom. The summed E-state index contributed by atoms with van der Waals surface area (Å²) in [5.74, 6) is 1.70. The van der Waals surface area contributed by atoms with Crippen molar-refractivity contribution in [1.82, 2.24) is 5.32 Å². The molecule has 6 heteroatoms. The predicted molar refractivity (Wildman–Crippen MR) is 86.3 cm³/mol. The lowest BCUT2D eigenvalue weighted by Gasteiger charge is -2.22. The van der Waals surface area contributed by atoms with E-state index in [0.29, 0.717) is 30.5 Å². The Morgan fingerprint density at radius 3 is 2.59 bits per heavy atom. The predicted octanol–water partition coefficient (Wildman–Crippen LogP) is 1.41. The minimum absolute atomic E-state index is 0.343. The third-order valence-electron chi connectivity index (χ3n) is 4.01. The highest BCUT2D eigenvalue weighted by molar-refractivity contribution is 5.77. The molecule has 1 saturated carbocycles. The molecule has 122 valence electrons. The third-order valence-corrected chi connectivity index (χ3v) is 4.01. The molecular weight excluding hydrogens is 282 g/mol. The number of hydrogen-bond donors (Lipinski definition) is 3. The van der Waals surface area contributed by atoms with Crippen LogP contribution in [0.1, 0.15) is 31.2 Å². The number of nitrogens with one attached hydrogen (secondary N) is 1. The van der Waals surface area contributed by atoms with Crippen molar-refractivity contribution in [2.75, 3.05) is 20.8 Å². The van der Waals surface area contributed by atoms with Gasteiger partial charge < -0.3 is 25.6 Å². The van der Waals surface area contributed by atoms with Gasteiger partial charge in [0, 0.05) is 6.54 Å². The molecule has 0 bridgehead atoms. The van der Waals surface area contributed by atoms with Gasteiger partial charge in [-0.2, -0.15) is 0 Å². The Kier molecular flexibility index (Phi) is 5.49. The van der Waals surface area contributed by atoms with Gasteiger partial charge in [-0.3, -0.25) is 0 Å². The van der Waals surface area contributed by atoms with Gasteiger partial charge in [0.05, 0.1) is 26.4 Å². The monoisotopic (exact) mass is 307 g/mol. The molecule has 1 fully saturated rings. The van der Waals surface area contributed by atoms with Crippen molar-refractivity contribution in [2.45, 2.75) is 37.8 Å². The molecule has 0 amide bonds. The molecule has 0 aliphatic heterocycles. The Labute approximate surface area is 131 Å². The number of rotatable bonds is 6. The van der Waals surface area contributed by atoms with Gasteiger partial charge in [0.2, 0.25) is 0 Å². The fourth-order valence-corrected chi connectivity index (χ4v) is 2.68. The third kappa shape index (κ3) is 4.27. The van der Waals surface area contributed by atoms with Gasteiger partial charge in [-0.25, -0.2) is 4.99 Å². The van der Waals surface area contributed by atoms with Crippen LogP contribution < -0.4 is 20.5 Å². The van der Waals surface area contributed by atoms with E-state index < -0.39 is 5.60 Å². The summed E-state index contributed by atoms with van der Waals surface area (Å²) in [5.41, 5.74) is 6.20. The SMILES string of the molecule is COc1ccc(CN=C(N)NCC2(O)CCCC2)cc1OC. The maximum atomic E-state index is 10.2. The smallest absolute Gasteiger partial charge is 0.189 e. The molecule has 0 saturated heterocycles. The van der Waals surface area contributed by atoms with Crippen molar-refractivity contribution in [3.63, 3.8) is 0 Å². The number of nitrogens with two attached hydrogens (primary N) is 1. The van der Waals surface area contributed by atoms with Crippen LogP contribution in [0.2, 0.25) is 0 Å². The van der Waals surface area contributed by atoms with Crippen molar-refractivity contribution in [2.24, 2.45) is 10.7 Å². The van der Waals surface area contributed by atoms with Gasteiger partial charge in [-0.1, -0.05) is 18.9 Å². The Hall–Kier alpha value is -1.95. The number of methoxy groups -OCH3 is 2. The number of guanidine groups is 1. The zero-order chi connectivity index (χ0) is 16.0. The fraction of sp³-hybridized carbons (Fsp3) is 0.562. The molecule has 0 unspecified atom stereocenters. The Balaban J connectivity index is 1.90. The molecule has 4 N–H and O–H groups in total. The molecule has 1 aromatic carbocycles. The summed E-state index contributed by atoms with van der Waals surface area (Å²) in [5, 5.41) is 13.3. The lowest BCUT2D eigenvalue weighted by Crippen LogP contribution is -2.43. The highest BCUT2D eigenvalue weighted by atomic mass is 16.5. The van der Waals surface area contributed by atoms with Gasteiger partial charge in [-0.15, -0.1) is 0 Å². The molecule has 1 aliphatic carbocycles. The lowest BCUT2D eigenvalue weighted by molar-refractivity contribution is 0.0523. The fourth-order valence-electron chi connectivity index (χ4n) is 2.68. The normalized spacial score (nSPS) is 17.3. The summed E-state index contributed by atoms with van der Waals surface area (Å²) in [6, 6.07) is 5.64. The first kappa shape index (κ1) is 16.4. The van der Waals surface area contributed by atoms with Crippen molar-refractivity contribution in [1.29, 1.82) is 0 Å². The minimum Gasteiger partial charge on any atom is -0.493 e. The summed E-state index contributed by atoms with van der Waals surface area (Å²) in [6.45, 7) is 0.895. The topological polar surface area (TPSA) is 89.1 Å². The summed E-state index contributed by atoms with van der Waals surface area (Å²) < 4.78 is 10.5. The maximum absolute atomic E-state index is 10.2. The van der Waals surface area contributed by atoms with E-state index in [9.17, 15) is 5.11 Å². The second-order valence-corrected chi connectivity index (χ2v) is 5.68. The first-order valence-corrected chi connectivity index (χ1v) is 7.53. The van der Waals surface area contributed by atoms with Gasteiger partial charge in [0.1, 0.15) is 0 Å². The summed E-state index contributed by atoms with van der Waals surface area (Å²) in [6.07, 6.45) is 3.79. The van der Waals surface area contributed by atoms with E-state index in [2.05, 4.69) is 10.3 Å². The second kappa shape index (κ2) is 7.35. The van der Waals surface area contributed by atoms with E-state index >= 15 is 0 Å². The van der Waals surface area contributed by atoms with Crippen LogP contribution in [0.3, 0.4) is 0 Å². The molecule has 0 atom stereocenters. The van der Waals surface area contributed by atoms with Crippen molar-refractivity contribution in [3.8, 4) is 11.5 Å². The van der Waals surface area contributed by atoms with Crippen LogP contribution in [-0.2, 0) is 6.54 Å². The first-order chi connectivity index (χ1) is 10.6. The molecule has 22 heavy (non-hydrogen) atoms. The average Bonchev–Trinajstić information content (AvgIpc) is 2.97. The van der Waals surface area contributed by atoms with Gasteiger partial charge >= 0.3 is 0 Å². The Morgan fingerprint density at radius 1 is 1.27 bits per heavy atom. The van der Waals surface area contributed by atoms with E-state index in [-0.39, 0.29) is 0 Å². The summed E-state index contributed by atoms with van der Waals surface area (Å²) >= 11 is 0. The van der Waals surface area contributed by atoms with Crippen molar-refractivity contribution >= 4 is 5.96 Å². The van der Waals surface area contributed by atoms with E-state index in [0.717, 1.165) is 31.2 Å². The van der Waals surface area contributed by atoms with Crippen LogP contribution in [0.15, 0.2) is 23.2 Å². The molecule has 1 aromatic rings. The number of aliphatic imine (C=N–C) groups is 1. The number of benzene rings is 1. The number of aliphatic hydroxyl groups is 1. The quantitative estimate of drug-likeness (QED) is 0.546. The number of nitrogens with zero attached hydrogens (tertiary/aromatic N) is 1. The second-order valence-electron chi connectivity index (χ2n) is 5.68. The highest BCUT2D eigenvalue weighted by Crippen LogP contribution is 2.29. The largest absolute Gasteiger partial charge is 0.493 e. The number of hydrogen-bond acceptors (Lipinski definition) is 4. The van der Waals surface area contributed by atoms with Crippen molar-refractivity contribution in [3.05, 3.63) is 23.8 Å². The molecule has 0 radical (unpaired) electrons.